The molecule has 3 aliphatic rings. The monoisotopic (exact) mass is 391 g/mol. The Labute approximate surface area is 157 Å². The number of ether oxygens (including phenoxy) is 1. The number of hydrogen-bond donors (Lipinski definition) is 2. The van der Waals surface area contributed by atoms with Gasteiger partial charge < -0.3 is 20.3 Å². The summed E-state index contributed by atoms with van der Waals surface area (Å²) in [4.78, 5) is 25.3. The molecule has 2 N–H and O–H groups in total. The summed E-state index contributed by atoms with van der Waals surface area (Å²) in [6.07, 6.45) is 3.28. The van der Waals surface area contributed by atoms with Gasteiger partial charge in [0.15, 0.2) is 0 Å². The Morgan fingerprint density at radius 1 is 1.15 bits per heavy atom. The van der Waals surface area contributed by atoms with E-state index in [4.69, 9.17) is 4.74 Å². The van der Waals surface area contributed by atoms with Crippen molar-refractivity contribution in [3.8, 4) is 0 Å². The molecule has 0 radical (unpaired) electrons. The molecule has 2 atom stereocenters. The molecular formula is C18H28F3N3O3. The van der Waals surface area contributed by atoms with Gasteiger partial charge in [-0.2, -0.15) is 13.2 Å². The van der Waals surface area contributed by atoms with E-state index in [0.717, 1.165) is 37.0 Å². The lowest BCUT2D eigenvalue weighted by molar-refractivity contribution is -0.164. The molecule has 1 saturated carbocycles. The van der Waals surface area contributed by atoms with E-state index in [9.17, 15) is 22.8 Å². The smallest absolute Gasteiger partial charge is 0.375 e. The van der Waals surface area contributed by atoms with Gasteiger partial charge in [0, 0.05) is 19.2 Å². The maximum Gasteiger partial charge on any atom is 0.406 e. The van der Waals surface area contributed by atoms with E-state index in [0.29, 0.717) is 25.9 Å². The lowest BCUT2D eigenvalue weighted by atomic mass is 9.78. The predicted octanol–water partition coefficient (Wildman–Crippen LogP) is 2.72. The number of nitrogens with one attached hydrogen (secondary N) is 2. The zero-order valence-corrected chi connectivity index (χ0v) is 15.4. The Kier molecular flexibility index (Phi) is 6.18. The van der Waals surface area contributed by atoms with E-state index < -0.39 is 30.7 Å². The molecule has 0 unspecified atom stereocenters. The molecule has 2 saturated heterocycles. The molecule has 0 aromatic rings. The van der Waals surface area contributed by atoms with Crippen LogP contribution < -0.4 is 10.6 Å². The number of carbonyl (C=O) groups is 2. The van der Waals surface area contributed by atoms with Crippen LogP contribution in [0.5, 0.6) is 0 Å². The fraction of sp³-hybridized carbons (Fsp3) is 0.889. The molecule has 9 heteroatoms. The molecule has 1 aliphatic carbocycles. The summed E-state index contributed by atoms with van der Waals surface area (Å²) in [6, 6.07) is -1.42. The van der Waals surface area contributed by atoms with Crippen LogP contribution in [0.15, 0.2) is 0 Å². The average molecular weight is 391 g/mol. The van der Waals surface area contributed by atoms with Gasteiger partial charge in [0.05, 0.1) is 5.60 Å². The van der Waals surface area contributed by atoms with E-state index in [1.165, 1.54) is 6.42 Å². The Bertz CT molecular complexity index is 544. The van der Waals surface area contributed by atoms with Gasteiger partial charge >= 0.3 is 12.2 Å². The lowest BCUT2D eigenvalue weighted by Gasteiger charge is -2.43. The molecular weight excluding hydrogens is 363 g/mol. The zero-order chi connectivity index (χ0) is 19.5. The first-order valence-electron chi connectivity index (χ1n) is 9.83. The predicted molar refractivity (Wildman–Crippen MR) is 92.1 cm³/mol. The standard InChI is InChI=1S/C18H28F3N3O3/c19-18(20,21)12-24-9-4-5-14(15(24)25)23-16(26)22-13-6-10-27-17(11-13)7-2-1-3-8-17/h13-14H,1-12H2,(H2,22,23,26)/t13-,14-/m0/s1. The molecule has 0 bridgehead atoms. The van der Waals surface area contributed by atoms with Gasteiger partial charge in [0.25, 0.3) is 0 Å². The molecule has 2 aliphatic heterocycles. The summed E-state index contributed by atoms with van der Waals surface area (Å²) in [5.41, 5.74) is -0.154. The van der Waals surface area contributed by atoms with Gasteiger partial charge in [0.2, 0.25) is 5.91 Å². The quantitative estimate of drug-likeness (QED) is 0.777. The number of hydrogen-bond acceptors (Lipinski definition) is 3. The maximum absolute atomic E-state index is 12.6. The highest BCUT2D eigenvalue weighted by Gasteiger charge is 2.40. The van der Waals surface area contributed by atoms with Crippen LogP contribution >= 0.6 is 0 Å². The van der Waals surface area contributed by atoms with Gasteiger partial charge in [-0.1, -0.05) is 19.3 Å². The maximum atomic E-state index is 12.6. The van der Waals surface area contributed by atoms with Crippen LogP contribution in [0.4, 0.5) is 18.0 Å². The van der Waals surface area contributed by atoms with Gasteiger partial charge in [-0.25, -0.2) is 4.79 Å². The van der Waals surface area contributed by atoms with Gasteiger partial charge in [0.1, 0.15) is 12.6 Å². The topological polar surface area (TPSA) is 70.7 Å². The van der Waals surface area contributed by atoms with Gasteiger partial charge in [-0.05, 0) is 38.5 Å². The van der Waals surface area contributed by atoms with Crippen molar-refractivity contribution in [2.75, 3.05) is 19.7 Å². The highest BCUT2D eigenvalue weighted by atomic mass is 19.4. The van der Waals surface area contributed by atoms with Crippen molar-refractivity contribution in [2.45, 2.75) is 81.6 Å². The molecule has 3 fully saturated rings. The van der Waals surface area contributed by atoms with Gasteiger partial charge in [-0.3, -0.25) is 4.79 Å². The Morgan fingerprint density at radius 2 is 1.89 bits per heavy atom. The fourth-order valence-electron chi connectivity index (χ4n) is 4.53. The normalized spacial score (nSPS) is 28.9. The number of amides is 3. The summed E-state index contributed by atoms with van der Waals surface area (Å²) in [6.45, 7) is -0.610. The minimum absolute atomic E-state index is 0.0400. The second kappa shape index (κ2) is 8.24. The summed E-state index contributed by atoms with van der Waals surface area (Å²) >= 11 is 0. The van der Waals surface area contributed by atoms with Crippen LogP contribution in [0.2, 0.25) is 0 Å². The third-order valence-corrected chi connectivity index (χ3v) is 5.80. The first kappa shape index (κ1) is 20.2. The van der Waals surface area contributed by atoms with Crippen molar-refractivity contribution in [3.63, 3.8) is 0 Å². The summed E-state index contributed by atoms with van der Waals surface area (Å²) < 4.78 is 43.7. The average Bonchev–Trinajstić information content (AvgIpc) is 2.58. The third-order valence-electron chi connectivity index (χ3n) is 5.80. The minimum atomic E-state index is -4.43. The number of piperidine rings is 1. The van der Waals surface area contributed by atoms with Crippen LogP contribution in [0.25, 0.3) is 0 Å². The summed E-state index contributed by atoms with van der Waals surface area (Å²) in [7, 11) is 0. The largest absolute Gasteiger partial charge is 0.406 e. The zero-order valence-electron chi connectivity index (χ0n) is 15.4. The van der Waals surface area contributed by atoms with Gasteiger partial charge in [-0.15, -0.1) is 0 Å². The van der Waals surface area contributed by atoms with Crippen LogP contribution in [-0.4, -0.2) is 60.4 Å². The number of halogens is 3. The molecule has 1 spiro atoms. The highest BCUT2D eigenvalue weighted by Crippen LogP contribution is 2.38. The van der Waals surface area contributed by atoms with E-state index in [-0.39, 0.29) is 18.2 Å². The first-order valence-corrected chi connectivity index (χ1v) is 9.83. The molecule has 3 rings (SSSR count). The minimum Gasteiger partial charge on any atom is -0.375 e. The van der Waals surface area contributed by atoms with Crippen molar-refractivity contribution in [2.24, 2.45) is 0 Å². The number of nitrogens with zero attached hydrogens (tertiary/aromatic N) is 1. The lowest BCUT2D eigenvalue weighted by Crippen LogP contribution is -2.58. The van der Waals surface area contributed by atoms with Crippen LogP contribution in [0.1, 0.15) is 57.8 Å². The van der Waals surface area contributed by atoms with Crippen LogP contribution in [-0.2, 0) is 9.53 Å². The Morgan fingerprint density at radius 3 is 2.59 bits per heavy atom. The van der Waals surface area contributed by atoms with Crippen molar-refractivity contribution in [1.82, 2.24) is 15.5 Å². The fourth-order valence-corrected chi connectivity index (χ4v) is 4.53. The molecule has 3 amide bonds. The number of rotatable bonds is 3. The van der Waals surface area contributed by atoms with Crippen LogP contribution in [0.3, 0.4) is 0 Å². The summed E-state index contributed by atoms with van der Waals surface area (Å²) in [5.74, 6) is -0.663. The van der Waals surface area contributed by atoms with Crippen molar-refractivity contribution >= 4 is 11.9 Å². The first-order chi connectivity index (χ1) is 12.8. The van der Waals surface area contributed by atoms with Crippen LogP contribution in [0, 0.1) is 0 Å². The third kappa shape index (κ3) is 5.49. The molecule has 6 nitrogen and oxygen atoms in total. The second-order valence-electron chi connectivity index (χ2n) is 7.97. The van der Waals surface area contributed by atoms with Crippen molar-refractivity contribution in [3.05, 3.63) is 0 Å². The van der Waals surface area contributed by atoms with E-state index >= 15 is 0 Å². The molecule has 2 heterocycles. The molecule has 0 aromatic heterocycles. The molecule has 27 heavy (non-hydrogen) atoms. The Hall–Kier alpha value is -1.51. The number of likely N-dealkylation sites (tertiary alicyclic amines) is 1. The van der Waals surface area contributed by atoms with E-state index in [2.05, 4.69) is 10.6 Å². The van der Waals surface area contributed by atoms with E-state index in [1.807, 2.05) is 0 Å². The molecule has 154 valence electrons. The number of urea groups is 1. The van der Waals surface area contributed by atoms with Crippen molar-refractivity contribution in [1.29, 1.82) is 0 Å². The Balaban J connectivity index is 1.50. The summed E-state index contributed by atoms with van der Waals surface area (Å²) in [5, 5.41) is 5.47. The highest BCUT2D eigenvalue weighted by molar-refractivity contribution is 5.87. The van der Waals surface area contributed by atoms with E-state index in [1.54, 1.807) is 0 Å². The number of carbonyl (C=O) groups excluding carboxylic acids is 2. The number of alkyl halides is 3. The van der Waals surface area contributed by atoms with Crippen molar-refractivity contribution < 1.29 is 27.5 Å². The second-order valence-corrected chi connectivity index (χ2v) is 7.97. The SMILES string of the molecule is O=C(N[C@H]1CCOC2(CCCCC2)C1)N[C@H]1CCCN(CC(F)(F)F)C1=O. The molecule has 0 aromatic carbocycles.